The topological polar surface area (TPSA) is 80.3 Å². The summed E-state index contributed by atoms with van der Waals surface area (Å²) in [6, 6.07) is 6.18. The van der Waals surface area contributed by atoms with Gasteiger partial charge in [-0.05, 0) is 29.1 Å². The number of anilines is 1. The van der Waals surface area contributed by atoms with Crippen LogP contribution in [0.1, 0.15) is 34.6 Å². The van der Waals surface area contributed by atoms with Crippen molar-refractivity contribution in [1.29, 1.82) is 0 Å². The maximum atomic E-state index is 12.8. The van der Waals surface area contributed by atoms with Crippen molar-refractivity contribution in [2.75, 3.05) is 5.32 Å². The Bertz CT molecular complexity index is 910. The predicted octanol–water partition coefficient (Wildman–Crippen LogP) is 2.86. The number of sulfone groups is 1. The van der Waals surface area contributed by atoms with Crippen molar-refractivity contribution in [3.8, 4) is 0 Å². The summed E-state index contributed by atoms with van der Waals surface area (Å²) in [7, 11) is -3.64. The van der Waals surface area contributed by atoms with E-state index in [1.54, 1.807) is 37.4 Å². The number of nitrogens with one attached hydrogen (secondary N) is 1. The fourth-order valence-electron chi connectivity index (χ4n) is 2.45. The second-order valence-electron chi connectivity index (χ2n) is 5.69. The van der Waals surface area contributed by atoms with Gasteiger partial charge in [-0.25, -0.2) is 8.42 Å². The van der Waals surface area contributed by atoms with Gasteiger partial charge in [-0.3, -0.25) is 9.59 Å². The lowest BCUT2D eigenvalue weighted by Gasteiger charge is -2.13. The fourth-order valence-corrected chi connectivity index (χ4v) is 5.02. The van der Waals surface area contributed by atoms with Crippen LogP contribution >= 0.6 is 11.3 Å². The molecule has 23 heavy (non-hydrogen) atoms. The summed E-state index contributed by atoms with van der Waals surface area (Å²) >= 11 is 1.22. The average Bonchev–Trinajstić information content (AvgIpc) is 2.90. The largest absolute Gasteiger partial charge is 0.325 e. The summed E-state index contributed by atoms with van der Waals surface area (Å²) in [5, 5.41) is 4.38. The monoisotopic (exact) mass is 349 g/mol. The molecule has 2 heterocycles. The lowest BCUT2D eigenvalue weighted by molar-refractivity contribution is -0.118. The van der Waals surface area contributed by atoms with Gasteiger partial charge in [-0.15, -0.1) is 11.3 Å². The Morgan fingerprint density at radius 2 is 2.00 bits per heavy atom. The van der Waals surface area contributed by atoms with E-state index >= 15 is 0 Å². The Balaban J connectivity index is 2.24. The molecule has 0 unspecified atom stereocenters. The summed E-state index contributed by atoms with van der Waals surface area (Å²) < 4.78 is 25.2. The first-order valence-electron chi connectivity index (χ1n) is 7.09. The van der Waals surface area contributed by atoms with Crippen molar-refractivity contribution in [2.45, 2.75) is 24.5 Å². The minimum Gasteiger partial charge on any atom is -0.325 e. The molecule has 3 rings (SSSR count). The molecule has 0 bridgehead atoms. The van der Waals surface area contributed by atoms with E-state index < -0.39 is 9.84 Å². The van der Waals surface area contributed by atoms with Crippen molar-refractivity contribution in [3.05, 3.63) is 45.6 Å². The van der Waals surface area contributed by atoms with Crippen LogP contribution in [0.5, 0.6) is 0 Å². The number of amides is 1. The van der Waals surface area contributed by atoms with Crippen LogP contribution < -0.4 is 5.32 Å². The van der Waals surface area contributed by atoms with E-state index in [1.165, 1.54) is 17.4 Å². The molecule has 120 valence electrons. The standard InChI is InChI=1S/C16H15NO4S2/c1-9(2)16(19)17-11-4-3-5-12-13(11)14(18)15-10(6-7-22-15)8-23(12,20)21/h3-7,9H,8H2,1-2H3,(H,17,19). The second-order valence-corrected chi connectivity index (χ2v) is 8.56. The first kappa shape index (κ1) is 15.9. The van der Waals surface area contributed by atoms with E-state index in [9.17, 15) is 18.0 Å². The molecule has 0 atom stereocenters. The van der Waals surface area contributed by atoms with E-state index in [0.29, 0.717) is 10.4 Å². The first-order valence-corrected chi connectivity index (χ1v) is 9.62. The summed E-state index contributed by atoms with van der Waals surface area (Å²) in [5.74, 6) is -1.10. The molecular weight excluding hydrogens is 334 g/mol. The highest BCUT2D eigenvalue weighted by Gasteiger charge is 2.33. The van der Waals surface area contributed by atoms with Crippen LogP contribution in [-0.2, 0) is 20.4 Å². The molecule has 1 aromatic carbocycles. The van der Waals surface area contributed by atoms with Crippen molar-refractivity contribution >= 4 is 38.6 Å². The van der Waals surface area contributed by atoms with E-state index in [2.05, 4.69) is 5.32 Å². The highest BCUT2D eigenvalue weighted by atomic mass is 32.2. The van der Waals surface area contributed by atoms with E-state index in [1.807, 2.05) is 0 Å². The molecule has 0 aliphatic carbocycles. The van der Waals surface area contributed by atoms with Gasteiger partial charge < -0.3 is 5.32 Å². The van der Waals surface area contributed by atoms with Crippen molar-refractivity contribution in [1.82, 2.24) is 0 Å². The van der Waals surface area contributed by atoms with E-state index in [-0.39, 0.29) is 39.5 Å². The van der Waals surface area contributed by atoms with Gasteiger partial charge in [0.15, 0.2) is 9.84 Å². The lowest BCUT2D eigenvalue weighted by atomic mass is 10.0. The summed E-state index contributed by atoms with van der Waals surface area (Å²) in [5.41, 5.74) is 0.816. The van der Waals surface area contributed by atoms with Gasteiger partial charge in [0.2, 0.25) is 11.7 Å². The zero-order chi connectivity index (χ0) is 16.8. The lowest BCUT2D eigenvalue weighted by Crippen LogP contribution is -2.20. The normalized spacial score (nSPS) is 15.7. The number of carbonyl (C=O) groups excluding carboxylic acids is 2. The van der Waals surface area contributed by atoms with Crippen LogP contribution in [0.25, 0.3) is 0 Å². The Morgan fingerprint density at radius 1 is 1.26 bits per heavy atom. The number of ketones is 1. The fraction of sp³-hybridized carbons (Fsp3) is 0.250. The van der Waals surface area contributed by atoms with Crippen LogP contribution in [0.3, 0.4) is 0 Å². The number of carbonyl (C=O) groups is 2. The third-order valence-corrected chi connectivity index (χ3v) is 6.33. The van der Waals surface area contributed by atoms with Gasteiger partial charge in [-0.1, -0.05) is 19.9 Å². The molecule has 1 N–H and O–H groups in total. The maximum Gasteiger partial charge on any atom is 0.226 e. The second kappa shape index (κ2) is 5.58. The Hall–Kier alpha value is -1.99. The van der Waals surface area contributed by atoms with E-state index in [0.717, 1.165) is 0 Å². The van der Waals surface area contributed by atoms with E-state index in [4.69, 9.17) is 0 Å². The van der Waals surface area contributed by atoms with Gasteiger partial charge in [0, 0.05) is 5.92 Å². The average molecular weight is 349 g/mol. The highest BCUT2D eigenvalue weighted by Crippen LogP contribution is 2.35. The molecule has 1 aliphatic heterocycles. The molecule has 7 heteroatoms. The molecule has 1 aromatic heterocycles. The third kappa shape index (κ3) is 2.70. The molecule has 1 amide bonds. The number of fused-ring (bicyclic) bond motifs is 2. The SMILES string of the molecule is CC(C)C(=O)Nc1cccc2c1C(=O)c1sccc1CS2(=O)=O. The summed E-state index contributed by atoms with van der Waals surface area (Å²) in [4.78, 5) is 25.2. The van der Waals surface area contributed by atoms with Crippen molar-refractivity contribution in [3.63, 3.8) is 0 Å². The van der Waals surface area contributed by atoms with Crippen LogP contribution in [0.4, 0.5) is 5.69 Å². The number of benzene rings is 1. The quantitative estimate of drug-likeness (QED) is 0.904. The molecular formula is C16H15NO4S2. The maximum absolute atomic E-state index is 12.8. The zero-order valence-corrected chi connectivity index (χ0v) is 14.3. The predicted molar refractivity (Wildman–Crippen MR) is 88.6 cm³/mol. The molecule has 5 nitrogen and oxygen atoms in total. The van der Waals surface area contributed by atoms with Crippen molar-refractivity contribution in [2.24, 2.45) is 5.92 Å². The number of hydrogen-bond donors (Lipinski definition) is 1. The molecule has 0 saturated carbocycles. The minimum atomic E-state index is -3.64. The minimum absolute atomic E-state index is 0.0209. The van der Waals surface area contributed by atoms with Gasteiger partial charge >= 0.3 is 0 Å². The molecule has 0 saturated heterocycles. The van der Waals surface area contributed by atoms with Gasteiger partial charge in [0.05, 0.1) is 26.8 Å². The Labute approximate surface area is 138 Å². The smallest absolute Gasteiger partial charge is 0.226 e. The summed E-state index contributed by atoms with van der Waals surface area (Å²) in [6.07, 6.45) is 0. The Morgan fingerprint density at radius 3 is 2.70 bits per heavy atom. The van der Waals surface area contributed by atoms with Crippen LogP contribution in [0, 0.1) is 5.92 Å². The van der Waals surface area contributed by atoms with Gasteiger partial charge in [-0.2, -0.15) is 0 Å². The molecule has 1 aliphatic rings. The highest BCUT2D eigenvalue weighted by molar-refractivity contribution is 7.90. The van der Waals surface area contributed by atoms with Crippen LogP contribution in [0.2, 0.25) is 0 Å². The molecule has 0 radical (unpaired) electrons. The van der Waals surface area contributed by atoms with Gasteiger partial charge in [0.25, 0.3) is 0 Å². The molecule has 0 fully saturated rings. The van der Waals surface area contributed by atoms with Crippen LogP contribution in [-0.4, -0.2) is 20.1 Å². The number of rotatable bonds is 2. The van der Waals surface area contributed by atoms with Crippen LogP contribution in [0.15, 0.2) is 34.5 Å². The Kier molecular flexibility index (Phi) is 3.85. The zero-order valence-electron chi connectivity index (χ0n) is 12.6. The van der Waals surface area contributed by atoms with Gasteiger partial charge in [0.1, 0.15) is 0 Å². The number of hydrogen-bond acceptors (Lipinski definition) is 5. The first-order chi connectivity index (χ1) is 10.8. The number of thiophene rings is 1. The third-order valence-electron chi connectivity index (χ3n) is 3.67. The summed E-state index contributed by atoms with van der Waals surface area (Å²) in [6.45, 7) is 3.46. The molecule has 0 spiro atoms. The van der Waals surface area contributed by atoms with Crippen molar-refractivity contribution < 1.29 is 18.0 Å². The molecule has 2 aromatic rings.